The highest BCUT2D eigenvalue weighted by atomic mass is 16.5. The van der Waals surface area contributed by atoms with Crippen molar-refractivity contribution in [3.05, 3.63) is 0 Å². The molecule has 0 aromatic heterocycles. The van der Waals surface area contributed by atoms with E-state index in [-0.39, 0.29) is 0 Å². The average molecular weight is 226 g/mol. The lowest BCUT2D eigenvalue weighted by Crippen LogP contribution is -2.43. The zero-order chi connectivity index (χ0) is 11.4. The van der Waals surface area contributed by atoms with E-state index in [4.69, 9.17) is 10.5 Å². The van der Waals surface area contributed by atoms with Crippen molar-refractivity contribution in [2.24, 2.45) is 11.7 Å². The molecular weight excluding hydrogens is 200 g/mol. The van der Waals surface area contributed by atoms with E-state index in [1.54, 1.807) is 0 Å². The van der Waals surface area contributed by atoms with Crippen LogP contribution in [0.25, 0.3) is 0 Å². The summed E-state index contributed by atoms with van der Waals surface area (Å²) in [6, 6.07) is 0.352. The van der Waals surface area contributed by atoms with Crippen molar-refractivity contribution in [3.63, 3.8) is 0 Å². The molecular formula is C13H26N2O. The Morgan fingerprint density at radius 1 is 1.38 bits per heavy atom. The number of likely N-dealkylation sites (tertiary alicyclic amines) is 1. The summed E-state index contributed by atoms with van der Waals surface area (Å²) in [4.78, 5) is 2.58. The molecule has 2 heterocycles. The molecule has 94 valence electrons. The van der Waals surface area contributed by atoms with Crippen LogP contribution in [0.5, 0.6) is 0 Å². The van der Waals surface area contributed by atoms with Gasteiger partial charge in [0.05, 0.1) is 6.10 Å². The molecule has 16 heavy (non-hydrogen) atoms. The van der Waals surface area contributed by atoms with Crippen molar-refractivity contribution < 1.29 is 4.74 Å². The maximum atomic E-state index is 6.00. The predicted molar refractivity (Wildman–Crippen MR) is 66.4 cm³/mol. The predicted octanol–water partition coefficient (Wildman–Crippen LogP) is 1.61. The minimum Gasteiger partial charge on any atom is -0.378 e. The van der Waals surface area contributed by atoms with Crippen molar-refractivity contribution in [2.75, 3.05) is 26.2 Å². The Morgan fingerprint density at radius 3 is 2.94 bits per heavy atom. The van der Waals surface area contributed by atoms with Gasteiger partial charge in [-0.2, -0.15) is 0 Å². The molecule has 2 aliphatic heterocycles. The van der Waals surface area contributed by atoms with Gasteiger partial charge in [0.25, 0.3) is 0 Å². The third-order valence-corrected chi connectivity index (χ3v) is 4.08. The fourth-order valence-corrected chi connectivity index (χ4v) is 2.92. The van der Waals surface area contributed by atoms with Crippen LogP contribution in [0.3, 0.4) is 0 Å². The molecule has 3 nitrogen and oxygen atoms in total. The normalized spacial score (nSPS) is 34.1. The Kier molecular flexibility index (Phi) is 4.62. The van der Waals surface area contributed by atoms with Gasteiger partial charge in [-0.15, -0.1) is 0 Å². The Labute approximate surface area is 99.3 Å². The third-order valence-electron chi connectivity index (χ3n) is 4.08. The molecule has 0 amide bonds. The summed E-state index contributed by atoms with van der Waals surface area (Å²) in [6.45, 7) is 6.79. The topological polar surface area (TPSA) is 38.5 Å². The number of nitrogens with zero attached hydrogens (tertiary/aromatic N) is 1. The van der Waals surface area contributed by atoms with Crippen molar-refractivity contribution in [3.8, 4) is 0 Å². The van der Waals surface area contributed by atoms with Crippen LogP contribution in [0.15, 0.2) is 0 Å². The molecule has 0 aromatic rings. The Bertz CT molecular complexity index is 202. The molecule has 3 unspecified atom stereocenters. The van der Waals surface area contributed by atoms with Crippen molar-refractivity contribution >= 4 is 0 Å². The molecule has 0 saturated carbocycles. The van der Waals surface area contributed by atoms with Gasteiger partial charge in [0.1, 0.15) is 0 Å². The first-order valence-corrected chi connectivity index (χ1v) is 6.85. The van der Waals surface area contributed by atoms with Crippen molar-refractivity contribution in [2.45, 2.75) is 51.2 Å². The largest absolute Gasteiger partial charge is 0.378 e. The monoisotopic (exact) mass is 226 g/mol. The molecule has 0 radical (unpaired) electrons. The van der Waals surface area contributed by atoms with Gasteiger partial charge < -0.3 is 15.4 Å². The summed E-state index contributed by atoms with van der Waals surface area (Å²) in [5, 5.41) is 0. The van der Waals surface area contributed by atoms with Crippen LogP contribution in [0.1, 0.15) is 39.0 Å². The average Bonchev–Trinajstić information content (AvgIpc) is 2.79. The lowest BCUT2D eigenvalue weighted by atomic mass is 9.92. The van der Waals surface area contributed by atoms with E-state index < -0.39 is 0 Å². The number of hydrogen-bond donors (Lipinski definition) is 1. The standard InChI is InChI=1S/C13H26N2O/c1-11(14)12-4-2-7-15(10-12)8-6-13-5-3-9-16-13/h11-13H,2-10,14H2,1H3. The van der Waals surface area contributed by atoms with Crippen molar-refractivity contribution in [1.82, 2.24) is 4.90 Å². The van der Waals surface area contributed by atoms with E-state index in [0.29, 0.717) is 18.1 Å². The van der Waals surface area contributed by atoms with Gasteiger partial charge in [-0.1, -0.05) is 0 Å². The quantitative estimate of drug-likeness (QED) is 0.791. The Balaban J connectivity index is 1.68. The molecule has 2 rings (SSSR count). The summed E-state index contributed by atoms with van der Waals surface area (Å²) in [5.41, 5.74) is 6.00. The number of ether oxygens (including phenoxy) is 1. The molecule has 3 atom stereocenters. The molecule has 0 spiro atoms. The first kappa shape index (κ1) is 12.3. The van der Waals surface area contributed by atoms with Crippen LogP contribution in [0.2, 0.25) is 0 Å². The molecule has 0 aromatic carbocycles. The van der Waals surface area contributed by atoms with Crippen LogP contribution in [0.4, 0.5) is 0 Å². The van der Waals surface area contributed by atoms with Gasteiger partial charge >= 0.3 is 0 Å². The number of piperidine rings is 1. The van der Waals surface area contributed by atoms with Crippen molar-refractivity contribution in [1.29, 1.82) is 0 Å². The molecule has 3 heteroatoms. The second-order valence-electron chi connectivity index (χ2n) is 5.49. The lowest BCUT2D eigenvalue weighted by molar-refractivity contribution is 0.0814. The maximum absolute atomic E-state index is 6.00. The summed E-state index contributed by atoms with van der Waals surface area (Å²) in [7, 11) is 0. The Morgan fingerprint density at radius 2 is 2.25 bits per heavy atom. The van der Waals surface area contributed by atoms with E-state index in [2.05, 4.69) is 11.8 Å². The van der Waals surface area contributed by atoms with E-state index in [9.17, 15) is 0 Å². The van der Waals surface area contributed by atoms with Crippen LogP contribution in [0, 0.1) is 5.92 Å². The van der Waals surface area contributed by atoms with Crippen LogP contribution in [-0.4, -0.2) is 43.3 Å². The second kappa shape index (κ2) is 5.99. The van der Waals surface area contributed by atoms with Gasteiger partial charge in [0.15, 0.2) is 0 Å². The highest BCUT2D eigenvalue weighted by molar-refractivity contribution is 4.79. The number of rotatable bonds is 4. The minimum absolute atomic E-state index is 0.352. The second-order valence-corrected chi connectivity index (χ2v) is 5.49. The lowest BCUT2D eigenvalue weighted by Gasteiger charge is -2.35. The van der Waals surface area contributed by atoms with Gasteiger partial charge in [-0.25, -0.2) is 0 Å². The third kappa shape index (κ3) is 3.44. The van der Waals surface area contributed by atoms with E-state index in [1.807, 2.05) is 0 Å². The molecule has 2 N–H and O–H groups in total. The molecule has 2 aliphatic rings. The molecule has 0 bridgehead atoms. The smallest absolute Gasteiger partial charge is 0.0588 e. The summed E-state index contributed by atoms with van der Waals surface area (Å²) in [6.07, 6.45) is 6.91. The van der Waals surface area contributed by atoms with Crippen LogP contribution >= 0.6 is 0 Å². The van der Waals surface area contributed by atoms with E-state index in [1.165, 1.54) is 51.7 Å². The van der Waals surface area contributed by atoms with Gasteiger partial charge in [-0.3, -0.25) is 0 Å². The highest BCUT2D eigenvalue weighted by Gasteiger charge is 2.23. The summed E-state index contributed by atoms with van der Waals surface area (Å²) < 4.78 is 5.67. The molecule has 0 aliphatic carbocycles. The summed E-state index contributed by atoms with van der Waals surface area (Å²) in [5.74, 6) is 0.707. The van der Waals surface area contributed by atoms with Gasteiger partial charge in [-0.05, 0) is 51.5 Å². The zero-order valence-electron chi connectivity index (χ0n) is 10.5. The molecule has 2 saturated heterocycles. The fourth-order valence-electron chi connectivity index (χ4n) is 2.92. The number of hydrogen-bond acceptors (Lipinski definition) is 3. The Hall–Kier alpha value is -0.120. The van der Waals surface area contributed by atoms with Gasteiger partial charge in [0.2, 0.25) is 0 Å². The zero-order valence-corrected chi connectivity index (χ0v) is 10.5. The van der Waals surface area contributed by atoms with Crippen LogP contribution in [-0.2, 0) is 4.74 Å². The SMILES string of the molecule is CC(N)C1CCCN(CCC2CCCO2)C1. The first-order valence-electron chi connectivity index (χ1n) is 6.85. The fraction of sp³-hybridized carbons (Fsp3) is 1.00. The van der Waals surface area contributed by atoms with Gasteiger partial charge in [0, 0.05) is 25.7 Å². The summed E-state index contributed by atoms with van der Waals surface area (Å²) >= 11 is 0. The molecule has 2 fully saturated rings. The maximum Gasteiger partial charge on any atom is 0.0588 e. The minimum atomic E-state index is 0.352. The number of nitrogens with two attached hydrogens (primary N) is 1. The highest BCUT2D eigenvalue weighted by Crippen LogP contribution is 2.21. The van der Waals surface area contributed by atoms with Crippen LogP contribution < -0.4 is 5.73 Å². The first-order chi connectivity index (χ1) is 7.75. The van der Waals surface area contributed by atoms with E-state index in [0.717, 1.165) is 6.61 Å². The van der Waals surface area contributed by atoms with E-state index >= 15 is 0 Å².